The van der Waals surface area contributed by atoms with Crippen molar-refractivity contribution in [3.63, 3.8) is 0 Å². The molecule has 5 saturated heterocycles. The minimum Gasteiger partial charge on any atom is -0.496 e. The minimum absolute atomic E-state index is 0.0140. The highest BCUT2D eigenvalue weighted by atomic mass is 127. The number of amides is 5. The van der Waals surface area contributed by atoms with Crippen molar-refractivity contribution in [3.8, 4) is 35.2 Å². The fourth-order valence-electron chi connectivity index (χ4n) is 17.5. The number of carbonyl (C=O) groups is 11. The molecule has 5 heterocycles. The quantitative estimate of drug-likeness (QED) is 0.00634. The molecule has 22 atom stereocenters. The molecule has 32 nitrogen and oxygen atoms in total. The molecule has 0 spiro atoms. The summed E-state index contributed by atoms with van der Waals surface area (Å²) >= 11 is 2.90. The summed E-state index contributed by atoms with van der Waals surface area (Å²) in [6, 6.07) is 13.9. The number of alkyl carbamates (subject to hydrolysis) is 1. The van der Waals surface area contributed by atoms with E-state index in [1.807, 2.05) is 94.5 Å². The van der Waals surface area contributed by atoms with Crippen LogP contribution in [0.1, 0.15) is 212 Å². The summed E-state index contributed by atoms with van der Waals surface area (Å²) in [5.41, 5.74) is 3.71. The van der Waals surface area contributed by atoms with Gasteiger partial charge in [-0.25, -0.2) is 4.79 Å². The number of halogens is 1. The Bertz CT molecular complexity index is 4990. The van der Waals surface area contributed by atoms with Crippen molar-refractivity contribution >= 4 is 125 Å². The third-order valence-electron chi connectivity index (χ3n) is 25.5. The van der Waals surface area contributed by atoms with Gasteiger partial charge in [0.1, 0.15) is 72.1 Å². The van der Waals surface area contributed by atoms with Crippen LogP contribution in [0.15, 0.2) is 89.5 Å². The molecule has 3 aromatic rings. The summed E-state index contributed by atoms with van der Waals surface area (Å²) in [5, 5.41) is 66.3. The molecule has 36 heteroatoms. The van der Waals surface area contributed by atoms with E-state index in [2.05, 4.69) is 45.1 Å². The van der Waals surface area contributed by atoms with Gasteiger partial charge in [-0.15, -0.1) is 0 Å². The number of ketones is 5. The molecular weight excluding hydrogens is 1930 g/mol. The van der Waals surface area contributed by atoms with Gasteiger partial charge in [-0.3, -0.25) is 52.9 Å². The lowest BCUT2D eigenvalue weighted by molar-refractivity contribution is -0.335. The average molecular weight is 2060 g/mol. The van der Waals surface area contributed by atoms with E-state index >= 15 is 0 Å². The largest absolute Gasteiger partial charge is 0.496 e. The van der Waals surface area contributed by atoms with Crippen molar-refractivity contribution in [2.75, 3.05) is 45.0 Å². The van der Waals surface area contributed by atoms with E-state index in [1.54, 1.807) is 71.9 Å². The Hall–Kier alpha value is -7.81. The number of hydrogen-bond donors (Lipinski definition) is 9. The van der Waals surface area contributed by atoms with Crippen LogP contribution in [0.5, 0.6) is 11.5 Å². The molecule has 136 heavy (non-hydrogen) atoms. The zero-order chi connectivity index (χ0) is 99.4. The lowest BCUT2D eigenvalue weighted by Gasteiger charge is -2.46. The predicted molar refractivity (Wildman–Crippen MR) is 518 cm³/mol. The van der Waals surface area contributed by atoms with Crippen molar-refractivity contribution in [2.24, 2.45) is 29.1 Å². The molecular formula is C100H132IN5O27S3. The number of carbonyl (C=O) groups excluding carboxylic acids is 11. The van der Waals surface area contributed by atoms with Crippen LogP contribution in [0.4, 0.5) is 10.5 Å². The fourth-order valence-corrected chi connectivity index (χ4v) is 21.8. The monoisotopic (exact) mass is 2060 g/mol. The van der Waals surface area contributed by atoms with Gasteiger partial charge in [0, 0.05) is 122 Å². The van der Waals surface area contributed by atoms with E-state index in [9.17, 15) is 78.3 Å². The number of likely N-dealkylation sites (tertiary alicyclic amines) is 1. The first kappa shape index (κ1) is 110. The van der Waals surface area contributed by atoms with Crippen LogP contribution in [-0.4, -0.2) is 248 Å². The first-order valence-electron chi connectivity index (χ1n) is 46.4. The topological polar surface area (TPSA) is 442 Å². The third-order valence-corrected chi connectivity index (χ3v) is 31.3. The van der Waals surface area contributed by atoms with E-state index < -0.39 is 149 Å². The number of aliphatic hydroxyl groups is 5. The second-order valence-corrected chi connectivity index (χ2v) is 43.1. The van der Waals surface area contributed by atoms with Crippen molar-refractivity contribution < 1.29 is 130 Å². The molecule has 5 aliphatic heterocycles. The number of benzene rings is 3. The Morgan fingerprint density at radius 2 is 1.49 bits per heavy atom. The molecule has 744 valence electrons. The Balaban J connectivity index is 0.706. The molecule has 3 aromatic carbocycles. The number of unbranched alkanes of at least 4 members (excludes halogenated alkanes) is 2. The number of rotatable bonds is 44. The summed E-state index contributed by atoms with van der Waals surface area (Å²) in [6.45, 7) is 25.1. The highest BCUT2D eigenvalue weighted by Crippen LogP contribution is 2.48. The Morgan fingerprint density at radius 1 is 0.772 bits per heavy atom. The number of ether oxygens (including phenoxy) is 10. The number of thioether (sulfide) groups is 1. The summed E-state index contributed by atoms with van der Waals surface area (Å²) in [4.78, 5) is 155. The van der Waals surface area contributed by atoms with Crippen molar-refractivity contribution in [3.05, 3.63) is 121 Å². The van der Waals surface area contributed by atoms with Crippen LogP contribution >= 0.6 is 55.9 Å². The molecule has 7 aliphatic rings. The number of Topliss-reactive ketones (excluding diaryl/α,β-unsaturated/α-hetero) is 5. The SMILES string of the molecule is COc1c(C)c(OC2OC(C)C(O)C(OC)C2O)c(I)c(C)c1C(=O)SC1C(O)CC(ONC2C(C)OC(O[C@H]3C#C/C=C\C#C[C@]4(O)CC(=O)C(CC(C)=O)=C3/C4=C/CSSC(C)(C)CCC(=O)CCCNC(=O)OCc3ccc(NC(=O)[C@H](C)CC(=O)[C@H](Cc4ccccc4)NC(=O)CCCCCN4C(=O)CC(C(C)(C)C)C4=O)cc3)C(OC3CC(C)C(CC(C)=O)CO3)C2O)OC1C. The fraction of sp³-hybridized carbons (Fsp3) is 0.610. The number of methoxy groups -OCH3 is 2. The summed E-state index contributed by atoms with van der Waals surface area (Å²) in [5.74, 6) is 8.69. The van der Waals surface area contributed by atoms with Crippen molar-refractivity contribution in [1.29, 1.82) is 0 Å². The maximum atomic E-state index is 14.6. The molecule has 2 aliphatic carbocycles. The smallest absolute Gasteiger partial charge is 0.407 e. The van der Waals surface area contributed by atoms with Crippen LogP contribution in [0.25, 0.3) is 0 Å². The number of hydroxylamine groups is 1. The first-order chi connectivity index (χ1) is 64.4. The van der Waals surface area contributed by atoms with E-state index in [0.29, 0.717) is 64.6 Å². The molecule has 0 aromatic heterocycles. The van der Waals surface area contributed by atoms with Gasteiger partial charge < -0.3 is 93.6 Å². The van der Waals surface area contributed by atoms with Gasteiger partial charge in [0.2, 0.25) is 35.0 Å². The van der Waals surface area contributed by atoms with Gasteiger partial charge in [-0.1, -0.05) is 147 Å². The number of nitrogens with zero attached hydrogens (tertiary/aromatic N) is 1. The molecule has 2 bridgehead atoms. The first-order valence-corrected chi connectivity index (χ1v) is 50.7. The van der Waals surface area contributed by atoms with Crippen LogP contribution in [0, 0.1) is 70.2 Å². The van der Waals surface area contributed by atoms with Crippen LogP contribution in [0.2, 0.25) is 0 Å². The molecule has 0 saturated carbocycles. The molecule has 18 unspecified atom stereocenters. The number of aliphatic hydroxyl groups excluding tert-OH is 4. The highest BCUT2D eigenvalue weighted by Gasteiger charge is 2.53. The van der Waals surface area contributed by atoms with Gasteiger partial charge in [-0.05, 0) is 175 Å². The van der Waals surface area contributed by atoms with Gasteiger partial charge in [0.05, 0.1) is 76.9 Å². The van der Waals surface area contributed by atoms with Crippen LogP contribution in [0.3, 0.4) is 0 Å². The standard InChI is InChI=1S/C100H132IN5O27S3/c1-54-45-78(125-53-65(54)46-56(3)107)131-90-85(116)83(105-133-79-50-73(111)91(62(9)127-79)135-94(120)80-58(5)82(101)88(59(6)87(80)123-15)132-95-86(117)89(124-16)84(115)61(8)129-95)60(7)128-96(90)130-75-31-23-17-18-25-39-100(122)51-74(112)68(47-57(4)108)81(75)69(100)38-43-134-136-99(13,14)40-37-67(109)30-27-41-102-97(121)126-52-64-33-35-66(36-34-64)103-92(118)55(2)44-72(110)71(48-63-28-21-19-22-29-63)104-76(113)32-24-20-26-42-106-77(114)49-70(93(106)119)98(10,11)12/h17-19,21-22,28-29,33-36,38,54-55,60-62,65,70-71,73,75,78-79,83-86,89-91,95-96,105,111,115-117,122H,20,24,26-27,30,32,37,40-53H2,1-16H3,(H,102,121)(H,103,118)(H,104,113)/b18-17-,69-38-/t54?,55-,60?,61?,62?,65?,70?,71+,73?,75+,78?,79?,83?,84?,85?,86?,89?,90?,91?,95?,96?,100+/m1/s1. The number of anilines is 1. The number of hydrogen-bond acceptors (Lipinski definition) is 31. The van der Waals surface area contributed by atoms with Gasteiger partial charge in [-0.2, -0.15) is 5.48 Å². The molecule has 9 N–H and O–H groups in total. The van der Waals surface area contributed by atoms with E-state index in [0.717, 1.165) is 17.3 Å². The predicted octanol–water partition coefficient (Wildman–Crippen LogP) is 11.2. The van der Waals surface area contributed by atoms with E-state index in [1.165, 1.54) is 66.7 Å². The Labute approximate surface area is 821 Å². The molecule has 0 radical (unpaired) electrons. The Morgan fingerprint density at radius 3 is 2.15 bits per heavy atom. The average Bonchev–Trinajstić information content (AvgIpc) is 1.31. The lowest BCUT2D eigenvalue weighted by atomic mass is 9.72. The Kier molecular flexibility index (Phi) is 40.9. The highest BCUT2D eigenvalue weighted by molar-refractivity contribution is 14.1. The van der Waals surface area contributed by atoms with Crippen LogP contribution in [-0.2, 0) is 98.9 Å². The molecule has 5 fully saturated rings. The molecule has 5 amide bonds. The number of fused-ring (bicyclic) bond motifs is 2. The van der Waals surface area contributed by atoms with Gasteiger partial charge in [0.25, 0.3) is 0 Å². The minimum atomic E-state index is -2.14. The maximum absolute atomic E-state index is 14.6. The van der Waals surface area contributed by atoms with Gasteiger partial charge >= 0.3 is 6.09 Å². The summed E-state index contributed by atoms with van der Waals surface area (Å²) < 4.78 is 61.8. The zero-order valence-electron chi connectivity index (χ0n) is 80.2. The van der Waals surface area contributed by atoms with E-state index in [-0.39, 0.29) is 188 Å². The lowest BCUT2D eigenvalue weighted by Crippen LogP contribution is -2.64. The second kappa shape index (κ2) is 50.5. The third kappa shape index (κ3) is 29.9. The van der Waals surface area contributed by atoms with Crippen LogP contribution < -0.4 is 30.9 Å². The van der Waals surface area contributed by atoms with Gasteiger partial charge in [0.15, 0.2) is 36.0 Å². The second-order valence-electron chi connectivity index (χ2n) is 37.9. The normalized spacial score (nSPS) is 28.4. The number of imide groups is 1. The number of allylic oxidation sites excluding steroid dienone is 3. The van der Waals surface area contributed by atoms with E-state index in [4.69, 9.17) is 52.2 Å². The van der Waals surface area contributed by atoms with Crippen molar-refractivity contribution in [2.45, 2.75) is 320 Å². The van der Waals surface area contributed by atoms with Crippen molar-refractivity contribution in [1.82, 2.24) is 21.0 Å². The summed E-state index contributed by atoms with van der Waals surface area (Å²) in [7, 11) is 5.67. The summed E-state index contributed by atoms with van der Waals surface area (Å²) in [6.07, 6.45) is -10.1. The maximum Gasteiger partial charge on any atom is 0.407 e. The zero-order valence-corrected chi connectivity index (χ0v) is 84.8. The molecule has 10 rings (SSSR count). The number of nitrogens with one attached hydrogen (secondary N) is 4.